The smallest absolute Gasteiger partial charge is 0.143 e. The molecule has 6 rings (SSSR count). The molecule has 0 saturated heterocycles. The highest BCUT2D eigenvalue weighted by Crippen LogP contribution is 2.40. The van der Waals surface area contributed by atoms with Gasteiger partial charge >= 0.3 is 0 Å². The van der Waals surface area contributed by atoms with Crippen molar-refractivity contribution < 1.29 is 4.74 Å². The molecule has 0 radical (unpaired) electrons. The van der Waals surface area contributed by atoms with Crippen LogP contribution in [0.25, 0.3) is 16.4 Å². The highest BCUT2D eigenvalue weighted by atomic mass is 35.5. The first-order valence-corrected chi connectivity index (χ1v) is 12.5. The van der Waals surface area contributed by atoms with Gasteiger partial charge in [-0.15, -0.1) is 0 Å². The van der Waals surface area contributed by atoms with E-state index in [2.05, 4.69) is 62.9 Å². The minimum absolute atomic E-state index is 0.321. The van der Waals surface area contributed by atoms with Crippen molar-refractivity contribution in [1.29, 1.82) is 0 Å². The molecule has 182 valence electrons. The Morgan fingerprint density at radius 1 is 1.11 bits per heavy atom. The summed E-state index contributed by atoms with van der Waals surface area (Å²) < 4.78 is 8.12. The lowest BCUT2D eigenvalue weighted by molar-refractivity contribution is 0.302. The zero-order chi connectivity index (χ0) is 24.8. The molecule has 4 aromatic heterocycles. The van der Waals surface area contributed by atoms with Gasteiger partial charge in [0, 0.05) is 36.6 Å². The van der Waals surface area contributed by atoms with E-state index in [0.29, 0.717) is 41.5 Å². The summed E-state index contributed by atoms with van der Waals surface area (Å²) in [5.74, 6) is 2.51. The predicted octanol–water partition coefficient (Wildman–Crippen LogP) is 6.20. The van der Waals surface area contributed by atoms with Gasteiger partial charge in [0.05, 0.1) is 11.9 Å². The molecule has 4 heterocycles. The molecule has 0 unspecified atom stereocenters. The molecule has 0 amide bonds. The largest absolute Gasteiger partial charge is 0.485 e. The van der Waals surface area contributed by atoms with E-state index in [1.54, 1.807) is 12.4 Å². The second kappa shape index (κ2) is 8.99. The topological polar surface area (TPSA) is 90.4 Å². The van der Waals surface area contributed by atoms with Crippen LogP contribution >= 0.6 is 11.6 Å². The van der Waals surface area contributed by atoms with Gasteiger partial charge in [-0.1, -0.05) is 17.7 Å². The van der Waals surface area contributed by atoms with Gasteiger partial charge in [0.25, 0.3) is 0 Å². The Morgan fingerprint density at radius 3 is 2.81 bits per heavy atom. The number of hydrogen-bond donors (Lipinski definition) is 2. The van der Waals surface area contributed by atoms with Gasteiger partial charge in [-0.25, -0.2) is 15.0 Å². The van der Waals surface area contributed by atoms with Gasteiger partial charge in [0.15, 0.2) is 0 Å². The third-order valence-corrected chi connectivity index (χ3v) is 7.21. The van der Waals surface area contributed by atoms with Gasteiger partial charge in [-0.3, -0.25) is 0 Å². The molecule has 0 bridgehead atoms. The molecule has 5 aromatic rings. The van der Waals surface area contributed by atoms with Crippen molar-refractivity contribution in [1.82, 2.24) is 19.4 Å². The fourth-order valence-electron chi connectivity index (χ4n) is 4.75. The van der Waals surface area contributed by atoms with Gasteiger partial charge < -0.3 is 20.2 Å². The quantitative estimate of drug-likeness (QED) is 0.277. The molecule has 1 aromatic carbocycles. The van der Waals surface area contributed by atoms with Crippen molar-refractivity contribution in [2.45, 2.75) is 45.8 Å². The summed E-state index contributed by atoms with van der Waals surface area (Å²) in [6, 6.07) is 10.2. The normalized spacial score (nSPS) is 13.4. The second-order valence-corrected chi connectivity index (χ2v) is 9.87. The monoisotopic (exact) mass is 498 g/mol. The van der Waals surface area contributed by atoms with Crippen LogP contribution in [0.2, 0.25) is 5.02 Å². The number of halogens is 1. The van der Waals surface area contributed by atoms with Crippen molar-refractivity contribution in [3.63, 3.8) is 0 Å². The molecular weight excluding hydrogens is 472 g/mol. The maximum absolute atomic E-state index is 6.39. The first-order valence-electron chi connectivity index (χ1n) is 12.1. The molecule has 7 nitrogen and oxygen atoms in total. The Bertz CT molecular complexity index is 1610. The van der Waals surface area contributed by atoms with Crippen LogP contribution < -0.4 is 15.8 Å². The molecule has 0 atom stereocenters. The molecule has 0 aliphatic heterocycles. The van der Waals surface area contributed by atoms with Crippen LogP contribution in [0.15, 0.2) is 55.1 Å². The Morgan fingerprint density at radius 2 is 1.97 bits per heavy atom. The molecule has 1 aliphatic rings. The molecule has 1 saturated carbocycles. The van der Waals surface area contributed by atoms with E-state index in [0.717, 1.165) is 27.7 Å². The Balaban J connectivity index is 1.17. The van der Waals surface area contributed by atoms with Crippen molar-refractivity contribution in [3.05, 3.63) is 88.1 Å². The van der Waals surface area contributed by atoms with Crippen molar-refractivity contribution in [3.8, 4) is 5.75 Å². The highest BCUT2D eigenvalue weighted by Gasteiger charge is 2.23. The number of benzene rings is 1. The van der Waals surface area contributed by atoms with Crippen molar-refractivity contribution in [2.24, 2.45) is 0 Å². The number of nitrogens with one attached hydrogen (secondary N) is 1. The lowest BCUT2D eigenvalue weighted by Crippen LogP contribution is -2.06. The van der Waals surface area contributed by atoms with Crippen LogP contribution in [0, 0.1) is 13.8 Å². The SMILES string of the molecule is Cc1cc2c(N)nccc2c(C)c1CNc1cc(OCc2cn3cc(C4CC4)ccc3n2)c(Cl)cn1. The molecule has 8 heteroatoms. The van der Waals surface area contributed by atoms with Crippen LogP contribution in [-0.2, 0) is 13.2 Å². The average Bonchev–Trinajstić information content (AvgIpc) is 3.64. The van der Waals surface area contributed by atoms with Gasteiger partial charge in [0.1, 0.15) is 34.7 Å². The maximum Gasteiger partial charge on any atom is 0.143 e. The number of fused-ring (bicyclic) bond motifs is 2. The van der Waals surface area contributed by atoms with Crippen LogP contribution in [0.4, 0.5) is 11.6 Å². The molecular formula is C28H27ClN6O. The summed E-state index contributed by atoms with van der Waals surface area (Å²) in [5.41, 5.74) is 12.7. The van der Waals surface area contributed by atoms with E-state index in [9.17, 15) is 0 Å². The number of nitrogens with zero attached hydrogens (tertiary/aromatic N) is 4. The summed E-state index contributed by atoms with van der Waals surface area (Å²) in [6.45, 7) is 5.13. The Hall–Kier alpha value is -3.84. The van der Waals surface area contributed by atoms with E-state index in [1.165, 1.54) is 29.5 Å². The van der Waals surface area contributed by atoms with Crippen molar-refractivity contribution >= 4 is 39.7 Å². The number of rotatable bonds is 7. The number of anilines is 2. The first kappa shape index (κ1) is 22.6. The number of pyridine rings is 3. The molecule has 0 spiro atoms. The number of aryl methyl sites for hydroxylation is 2. The number of aromatic nitrogens is 4. The van der Waals surface area contributed by atoms with Crippen LogP contribution in [0.5, 0.6) is 5.75 Å². The Kier molecular flexibility index (Phi) is 5.64. The van der Waals surface area contributed by atoms with E-state index in [1.807, 2.05) is 18.3 Å². The third kappa shape index (κ3) is 4.31. The number of nitrogen functional groups attached to an aromatic ring is 1. The standard InChI is InChI=1S/C28H27ClN6O/c1-16-9-22-21(7-8-31-28(22)30)17(2)23(16)11-32-26-10-25(24(29)12-33-26)36-15-20-14-35-13-19(18-3-4-18)5-6-27(35)34-20/h5-10,12-14,18H,3-4,11,15H2,1-2H3,(H2,30,31)(H,32,33). The second-order valence-electron chi connectivity index (χ2n) is 9.46. The first-order chi connectivity index (χ1) is 17.5. The maximum atomic E-state index is 6.39. The zero-order valence-electron chi connectivity index (χ0n) is 20.3. The summed E-state index contributed by atoms with van der Waals surface area (Å²) in [5, 5.41) is 5.96. The molecule has 1 fully saturated rings. The molecule has 3 N–H and O–H groups in total. The number of nitrogens with two attached hydrogens (primary N) is 1. The van der Waals surface area contributed by atoms with E-state index in [4.69, 9.17) is 22.1 Å². The van der Waals surface area contributed by atoms with Crippen LogP contribution in [0.1, 0.15) is 46.7 Å². The minimum atomic E-state index is 0.321. The summed E-state index contributed by atoms with van der Waals surface area (Å²) in [4.78, 5) is 13.3. The van der Waals surface area contributed by atoms with Gasteiger partial charge in [0.2, 0.25) is 0 Å². The predicted molar refractivity (Wildman–Crippen MR) is 144 cm³/mol. The molecule has 36 heavy (non-hydrogen) atoms. The summed E-state index contributed by atoms with van der Waals surface area (Å²) in [6.07, 6.45) is 10.1. The number of ether oxygens (including phenoxy) is 1. The lowest BCUT2D eigenvalue weighted by atomic mass is 9.96. The fourth-order valence-corrected chi connectivity index (χ4v) is 4.91. The number of imidazole rings is 1. The van der Waals surface area contributed by atoms with Crippen LogP contribution in [-0.4, -0.2) is 19.4 Å². The van der Waals surface area contributed by atoms with Crippen molar-refractivity contribution in [2.75, 3.05) is 11.1 Å². The summed E-state index contributed by atoms with van der Waals surface area (Å²) >= 11 is 6.39. The highest BCUT2D eigenvalue weighted by molar-refractivity contribution is 6.32. The summed E-state index contributed by atoms with van der Waals surface area (Å²) in [7, 11) is 0. The van der Waals surface area contributed by atoms with E-state index in [-0.39, 0.29) is 0 Å². The van der Waals surface area contributed by atoms with Crippen LogP contribution in [0.3, 0.4) is 0 Å². The Labute approximate surface area is 214 Å². The van der Waals surface area contributed by atoms with Gasteiger partial charge in [-0.05, 0) is 78.4 Å². The third-order valence-electron chi connectivity index (χ3n) is 6.93. The molecule has 1 aliphatic carbocycles. The average molecular weight is 499 g/mol. The lowest BCUT2D eigenvalue weighted by Gasteiger charge is -2.16. The van der Waals surface area contributed by atoms with E-state index >= 15 is 0 Å². The number of hydrogen-bond acceptors (Lipinski definition) is 6. The fraction of sp³-hybridized carbons (Fsp3) is 0.250. The minimum Gasteiger partial charge on any atom is -0.485 e. The van der Waals surface area contributed by atoms with E-state index < -0.39 is 0 Å². The zero-order valence-corrected chi connectivity index (χ0v) is 21.0. The van der Waals surface area contributed by atoms with Gasteiger partial charge in [-0.2, -0.15) is 0 Å².